The minimum absolute atomic E-state index is 0.0242. The monoisotopic (exact) mass is 330 g/mol. The zero-order chi connectivity index (χ0) is 17.2. The van der Waals surface area contributed by atoms with E-state index in [1.807, 2.05) is 30.3 Å². The van der Waals surface area contributed by atoms with Gasteiger partial charge >= 0.3 is 6.03 Å². The second-order valence-electron chi connectivity index (χ2n) is 6.61. The third kappa shape index (κ3) is 3.50. The molecule has 2 aliphatic heterocycles. The Balaban J connectivity index is 1.76. The van der Waals surface area contributed by atoms with Crippen molar-refractivity contribution in [3.05, 3.63) is 30.3 Å². The van der Waals surface area contributed by atoms with Gasteiger partial charge in [0.25, 0.3) is 0 Å². The predicted molar refractivity (Wildman–Crippen MR) is 89.3 cm³/mol. The molecular formula is C17H22N4O3. The molecule has 2 heterocycles. The Morgan fingerprint density at radius 1 is 1.12 bits per heavy atom. The maximum Gasteiger partial charge on any atom is 0.321 e. The number of amides is 4. The number of para-hydroxylation sites is 1. The average molecular weight is 330 g/mol. The number of carbonyl (C=O) groups excluding carboxylic acids is 3. The van der Waals surface area contributed by atoms with Gasteiger partial charge in [0.2, 0.25) is 11.8 Å². The number of hydrogen-bond acceptors (Lipinski definition) is 3. The Hall–Kier alpha value is -2.57. The fourth-order valence-corrected chi connectivity index (χ4v) is 3.40. The average Bonchev–Trinajstić information content (AvgIpc) is 2.79. The summed E-state index contributed by atoms with van der Waals surface area (Å²) in [5.74, 6) is -0.0529. The van der Waals surface area contributed by atoms with E-state index in [1.54, 1.807) is 9.80 Å². The molecule has 2 N–H and O–H groups in total. The fraction of sp³-hybridized carbons (Fsp3) is 0.471. The van der Waals surface area contributed by atoms with Crippen molar-refractivity contribution in [3.8, 4) is 0 Å². The molecule has 0 unspecified atom stereocenters. The molecule has 7 nitrogen and oxygen atoms in total. The maximum absolute atomic E-state index is 12.6. The quantitative estimate of drug-likeness (QED) is 0.802. The summed E-state index contributed by atoms with van der Waals surface area (Å²) in [4.78, 5) is 39.6. The fourth-order valence-electron chi connectivity index (χ4n) is 3.40. The van der Waals surface area contributed by atoms with E-state index in [9.17, 15) is 14.4 Å². The number of nitrogens with one attached hydrogen (secondary N) is 2. The van der Waals surface area contributed by atoms with Crippen LogP contribution in [0.3, 0.4) is 0 Å². The topological polar surface area (TPSA) is 81.8 Å². The summed E-state index contributed by atoms with van der Waals surface area (Å²) < 4.78 is 0. The highest BCUT2D eigenvalue weighted by Crippen LogP contribution is 2.31. The molecule has 1 aromatic rings. The Bertz CT molecular complexity index is 648. The summed E-state index contributed by atoms with van der Waals surface area (Å²) in [7, 11) is 0. The van der Waals surface area contributed by atoms with Crippen LogP contribution in [0.5, 0.6) is 0 Å². The van der Waals surface area contributed by atoms with E-state index in [0.29, 0.717) is 39.1 Å². The minimum Gasteiger partial charge on any atom is -0.355 e. The van der Waals surface area contributed by atoms with Crippen molar-refractivity contribution in [1.82, 2.24) is 15.1 Å². The lowest BCUT2D eigenvalue weighted by atomic mass is 9.86. The van der Waals surface area contributed by atoms with E-state index in [-0.39, 0.29) is 17.8 Å². The normalized spacial score (nSPS) is 23.8. The first-order valence-electron chi connectivity index (χ1n) is 8.11. The van der Waals surface area contributed by atoms with Gasteiger partial charge in [0.1, 0.15) is 0 Å². The first-order valence-corrected chi connectivity index (χ1v) is 8.11. The molecule has 1 spiro atoms. The van der Waals surface area contributed by atoms with Crippen molar-refractivity contribution in [3.63, 3.8) is 0 Å². The van der Waals surface area contributed by atoms with Crippen LogP contribution in [0, 0.1) is 5.41 Å². The van der Waals surface area contributed by atoms with E-state index in [0.717, 1.165) is 5.69 Å². The summed E-state index contributed by atoms with van der Waals surface area (Å²) in [6.07, 6.45) is 0.339. The van der Waals surface area contributed by atoms with Gasteiger partial charge in [-0.1, -0.05) is 18.2 Å². The lowest BCUT2D eigenvalue weighted by Crippen LogP contribution is -2.45. The summed E-state index contributed by atoms with van der Waals surface area (Å²) in [6.45, 7) is 3.90. The SMILES string of the molecule is CC(=O)N1CCN(C(=O)Nc2ccccc2)C[C@@]2(CNC(=O)C2)C1. The predicted octanol–water partition coefficient (Wildman–Crippen LogP) is 0.889. The lowest BCUT2D eigenvalue weighted by Gasteiger charge is -2.32. The van der Waals surface area contributed by atoms with E-state index < -0.39 is 5.41 Å². The van der Waals surface area contributed by atoms with E-state index in [1.165, 1.54) is 6.92 Å². The molecule has 2 saturated heterocycles. The highest BCUT2D eigenvalue weighted by atomic mass is 16.2. The molecule has 0 saturated carbocycles. The standard InChI is InChI=1S/C17H22N4O3/c1-13(22)20-7-8-21(12-17(11-20)9-15(23)18-10-17)16(24)19-14-5-3-2-4-6-14/h2-6H,7-12H2,1H3,(H,18,23)(H,19,24)/t17-/m0/s1. The zero-order valence-corrected chi connectivity index (χ0v) is 13.7. The number of carbonyl (C=O) groups is 3. The van der Waals surface area contributed by atoms with Gasteiger partial charge in [-0.25, -0.2) is 4.79 Å². The van der Waals surface area contributed by atoms with Gasteiger partial charge in [0.15, 0.2) is 0 Å². The van der Waals surface area contributed by atoms with Gasteiger partial charge in [-0.2, -0.15) is 0 Å². The molecule has 4 amide bonds. The Labute approximate surface area is 141 Å². The number of hydrogen-bond donors (Lipinski definition) is 2. The zero-order valence-electron chi connectivity index (χ0n) is 13.7. The summed E-state index contributed by atoms with van der Waals surface area (Å²) in [5, 5.41) is 5.72. The minimum atomic E-state index is -0.409. The van der Waals surface area contributed by atoms with Gasteiger partial charge in [-0.3, -0.25) is 9.59 Å². The molecule has 0 aromatic heterocycles. The van der Waals surface area contributed by atoms with Gasteiger partial charge < -0.3 is 20.4 Å². The number of urea groups is 1. The molecule has 7 heteroatoms. The van der Waals surface area contributed by atoms with Crippen molar-refractivity contribution in [2.24, 2.45) is 5.41 Å². The van der Waals surface area contributed by atoms with Crippen LogP contribution in [0.2, 0.25) is 0 Å². The molecule has 1 aromatic carbocycles. The highest BCUT2D eigenvalue weighted by Gasteiger charge is 2.44. The number of anilines is 1. The highest BCUT2D eigenvalue weighted by molar-refractivity contribution is 5.89. The third-order valence-corrected chi connectivity index (χ3v) is 4.65. The van der Waals surface area contributed by atoms with Crippen LogP contribution in [0.15, 0.2) is 30.3 Å². The van der Waals surface area contributed by atoms with Crippen molar-refractivity contribution >= 4 is 23.5 Å². The van der Waals surface area contributed by atoms with E-state index in [2.05, 4.69) is 10.6 Å². The van der Waals surface area contributed by atoms with Crippen LogP contribution in [0.1, 0.15) is 13.3 Å². The lowest BCUT2D eigenvalue weighted by molar-refractivity contribution is -0.130. The molecule has 0 radical (unpaired) electrons. The van der Waals surface area contributed by atoms with Crippen LogP contribution in [-0.4, -0.2) is 60.4 Å². The van der Waals surface area contributed by atoms with Crippen molar-refractivity contribution < 1.29 is 14.4 Å². The van der Waals surface area contributed by atoms with Gasteiger partial charge in [-0.05, 0) is 12.1 Å². The first kappa shape index (κ1) is 16.3. The molecular weight excluding hydrogens is 308 g/mol. The smallest absolute Gasteiger partial charge is 0.321 e. The van der Waals surface area contributed by atoms with E-state index in [4.69, 9.17) is 0 Å². The van der Waals surface area contributed by atoms with Gasteiger partial charge in [0.05, 0.1) is 0 Å². The molecule has 2 aliphatic rings. The number of rotatable bonds is 1. The van der Waals surface area contributed by atoms with E-state index >= 15 is 0 Å². The van der Waals surface area contributed by atoms with Gasteiger partial charge in [-0.15, -0.1) is 0 Å². The first-order chi connectivity index (χ1) is 11.5. The van der Waals surface area contributed by atoms with Crippen molar-refractivity contribution in [1.29, 1.82) is 0 Å². The third-order valence-electron chi connectivity index (χ3n) is 4.65. The van der Waals surface area contributed by atoms with Crippen LogP contribution in [0.25, 0.3) is 0 Å². The second-order valence-corrected chi connectivity index (χ2v) is 6.61. The number of benzene rings is 1. The van der Waals surface area contributed by atoms with Crippen molar-refractivity contribution in [2.75, 3.05) is 38.0 Å². The Kier molecular flexibility index (Phi) is 4.42. The molecule has 1 atom stereocenters. The molecule has 3 rings (SSSR count). The summed E-state index contributed by atoms with van der Waals surface area (Å²) >= 11 is 0. The second kappa shape index (κ2) is 6.51. The van der Waals surface area contributed by atoms with Gasteiger partial charge in [0, 0.05) is 57.2 Å². The number of nitrogens with zero attached hydrogens (tertiary/aromatic N) is 2. The van der Waals surface area contributed by atoms with Crippen LogP contribution in [-0.2, 0) is 9.59 Å². The van der Waals surface area contributed by atoms with Crippen LogP contribution >= 0.6 is 0 Å². The molecule has 0 aliphatic carbocycles. The maximum atomic E-state index is 12.6. The van der Waals surface area contributed by atoms with Crippen LogP contribution < -0.4 is 10.6 Å². The van der Waals surface area contributed by atoms with Crippen molar-refractivity contribution in [2.45, 2.75) is 13.3 Å². The largest absolute Gasteiger partial charge is 0.355 e. The Morgan fingerprint density at radius 3 is 2.42 bits per heavy atom. The molecule has 2 fully saturated rings. The van der Waals surface area contributed by atoms with Crippen LogP contribution in [0.4, 0.5) is 10.5 Å². The molecule has 128 valence electrons. The summed E-state index contributed by atoms with van der Waals surface area (Å²) in [6, 6.07) is 9.05. The Morgan fingerprint density at radius 2 is 1.79 bits per heavy atom. The molecule has 0 bridgehead atoms. The summed E-state index contributed by atoms with van der Waals surface area (Å²) in [5.41, 5.74) is 0.317. The molecule has 24 heavy (non-hydrogen) atoms.